The number of rotatable bonds is 2. The van der Waals surface area contributed by atoms with Crippen LogP contribution in [0.15, 0.2) is 42.5 Å². The van der Waals surface area contributed by atoms with Gasteiger partial charge in [-0.15, -0.1) is 6.42 Å². The Bertz CT molecular complexity index is 1080. The summed E-state index contributed by atoms with van der Waals surface area (Å²) in [7, 11) is 0. The van der Waals surface area contributed by atoms with Gasteiger partial charge in [-0.3, -0.25) is 9.89 Å². The molecule has 1 N–H and O–H groups in total. The van der Waals surface area contributed by atoms with E-state index in [-0.39, 0.29) is 5.91 Å². The van der Waals surface area contributed by atoms with E-state index in [2.05, 4.69) is 16.1 Å². The summed E-state index contributed by atoms with van der Waals surface area (Å²) in [4.78, 5) is 14.6. The predicted octanol–water partition coefficient (Wildman–Crippen LogP) is 3.53. The Morgan fingerprint density at radius 1 is 1.19 bits per heavy atom. The minimum absolute atomic E-state index is 0.129. The van der Waals surface area contributed by atoms with Crippen molar-refractivity contribution >= 4 is 5.91 Å². The van der Waals surface area contributed by atoms with E-state index in [1.807, 2.05) is 0 Å². The number of amides is 1. The molecule has 4 rings (SSSR count). The highest BCUT2D eigenvalue weighted by Gasteiger charge is 2.26. The van der Waals surface area contributed by atoms with E-state index in [0.29, 0.717) is 41.9 Å². The lowest BCUT2D eigenvalue weighted by atomic mass is 10.00. The number of hydrogen-bond donors (Lipinski definition) is 1. The second-order valence-electron chi connectivity index (χ2n) is 6.36. The molecule has 6 heteroatoms. The summed E-state index contributed by atoms with van der Waals surface area (Å²) >= 11 is 0. The van der Waals surface area contributed by atoms with E-state index < -0.39 is 11.6 Å². The van der Waals surface area contributed by atoms with Crippen molar-refractivity contribution in [2.45, 2.75) is 13.0 Å². The molecule has 2 aromatic carbocycles. The van der Waals surface area contributed by atoms with Crippen LogP contribution in [0.4, 0.5) is 8.78 Å². The number of terminal acetylenes is 1. The van der Waals surface area contributed by atoms with Crippen LogP contribution in [0.3, 0.4) is 0 Å². The van der Waals surface area contributed by atoms with Gasteiger partial charge in [0.25, 0.3) is 5.91 Å². The smallest absolute Gasteiger partial charge is 0.254 e. The highest BCUT2D eigenvalue weighted by molar-refractivity contribution is 5.94. The van der Waals surface area contributed by atoms with Crippen LogP contribution in [0.25, 0.3) is 11.3 Å². The van der Waals surface area contributed by atoms with Gasteiger partial charge < -0.3 is 4.90 Å². The quantitative estimate of drug-likeness (QED) is 0.708. The van der Waals surface area contributed by atoms with E-state index in [1.165, 1.54) is 6.07 Å². The summed E-state index contributed by atoms with van der Waals surface area (Å²) in [6.45, 7) is 0.866. The summed E-state index contributed by atoms with van der Waals surface area (Å²) in [6.07, 6.45) is 6.01. The Hall–Kier alpha value is -3.46. The minimum Gasteiger partial charge on any atom is -0.334 e. The molecular weight excluding hydrogens is 348 g/mol. The van der Waals surface area contributed by atoms with Crippen LogP contribution >= 0.6 is 0 Å². The fourth-order valence-electron chi connectivity index (χ4n) is 3.28. The maximum Gasteiger partial charge on any atom is 0.254 e. The SMILES string of the molecule is C#Cc1cccc(C(=O)N2CCc3[nH]nc(-c4ccc(F)c(F)c4)c3C2)c1. The van der Waals surface area contributed by atoms with E-state index in [4.69, 9.17) is 6.42 Å². The van der Waals surface area contributed by atoms with Crippen LogP contribution in [0.1, 0.15) is 27.2 Å². The van der Waals surface area contributed by atoms with Crippen LogP contribution in [-0.4, -0.2) is 27.5 Å². The number of halogens is 2. The number of aromatic amines is 1. The maximum absolute atomic E-state index is 13.6. The first-order valence-electron chi connectivity index (χ1n) is 8.44. The van der Waals surface area contributed by atoms with Crippen molar-refractivity contribution in [3.63, 3.8) is 0 Å². The molecular formula is C21H15F2N3O. The topological polar surface area (TPSA) is 49.0 Å². The van der Waals surface area contributed by atoms with Crippen LogP contribution in [0.2, 0.25) is 0 Å². The molecule has 134 valence electrons. The summed E-state index contributed by atoms with van der Waals surface area (Å²) < 4.78 is 26.8. The zero-order valence-electron chi connectivity index (χ0n) is 14.3. The maximum atomic E-state index is 13.6. The number of fused-ring (bicyclic) bond motifs is 1. The van der Waals surface area contributed by atoms with Gasteiger partial charge in [-0.05, 0) is 36.4 Å². The number of benzene rings is 2. The van der Waals surface area contributed by atoms with E-state index >= 15 is 0 Å². The number of H-pyrrole nitrogens is 1. The lowest BCUT2D eigenvalue weighted by Gasteiger charge is -2.27. The molecule has 0 spiro atoms. The molecule has 0 saturated carbocycles. The highest BCUT2D eigenvalue weighted by Crippen LogP contribution is 2.29. The first kappa shape index (κ1) is 17.0. The van der Waals surface area contributed by atoms with Gasteiger partial charge in [0.15, 0.2) is 11.6 Å². The minimum atomic E-state index is -0.931. The fraction of sp³-hybridized carbons (Fsp3) is 0.143. The Morgan fingerprint density at radius 2 is 2.04 bits per heavy atom. The number of carbonyl (C=O) groups excluding carboxylic acids is 1. The predicted molar refractivity (Wildman–Crippen MR) is 96.8 cm³/mol. The van der Waals surface area contributed by atoms with Crippen LogP contribution in [-0.2, 0) is 13.0 Å². The third-order valence-electron chi connectivity index (χ3n) is 4.69. The lowest BCUT2D eigenvalue weighted by molar-refractivity contribution is 0.0734. The molecule has 1 aliphatic rings. The van der Waals surface area contributed by atoms with Gasteiger partial charge in [0.1, 0.15) is 0 Å². The number of hydrogen-bond acceptors (Lipinski definition) is 2. The molecule has 0 atom stereocenters. The number of carbonyl (C=O) groups is 1. The Balaban J connectivity index is 1.64. The zero-order valence-corrected chi connectivity index (χ0v) is 14.3. The van der Waals surface area contributed by atoms with Crippen molar-refractivity contribution in [1.82, 2.24) is 15.1 Å². The number of nitrogens with one attached hydrogen (secondary N) is 1. The van der Waals surface area contributed by atoms with Gasteiger partial charge in [0, 0.05) is 47.5 Å². The molecule has 0 unspecified atom stereocenters. The standard InChI is InChI=1S/C21H15F2N3O/c1-2-13-4-3-5-15(10-13)21(27)26-9-8-19-16(12-26)20(25-24-19)14-6-7-17(22)18(23)11-14/h1,3-7,10-11H,8-9,12H2,(H,24,25). The van der Waals surface area contributed by atoms with E-state index in [0.717, 1.165) is 23.4 Å². The molecule has 0 fully saturated rings. The molecule has 0 radical (unpaired) electrons. The summed E-state index contributed by atoms with van der Waals surface area (Å²) in [5, 5.41) is 7.20. The molecule has 27 heavy (non-hydrogen) atoms. The lowest BCUT2D eigenvalue weighted by Crippen LogP contribution is -2.36. The Kier molecular flexibility index (Phi) is 4.21. The van der Waals surface area contributed by atoms with Crippen molar-refractivity contribution in [1.29, 1.82) is 0 Å². The summed E-state index contributed by atoms with van der Waals surface area (Å²) in [6, 6.07) is 10.6. The van der Waals surface area contributed by atoms with Crippen molar-refractivity contribution < 1.29 is 13.6 Å². The second kappa shape index (κ2) is 6.69. The van der Waals surface area contributed by atoms with Gasteiger partial charge in [-0.2, -0.15) is 5.10 Å². The molecule has 1 aliphatic heterocycles. The molecule has 1 amide bonds. The van der Waals surface area contributed by atoms with Crippen molar-refractivity contribution in [3.8, 4) is 23.6 Å². The molecule has 3 aromatic rings. The molecule has 0 saturated heterocycles. The van der Waals surface area contributed by atoms with Gasteiger partial charge >= 0.3 is 0 Å². The Labute approximate surface area is 154 Å². The van der Waals surface area contributed by atoms with E-state index in [1.54, 1.807) is 29.2 Å². The number of aromatic nitrogens is 2. The van der Waals surface area contributed by atoms with Crippen LogP contribution in [0.5, 0.6) is 0 Å². The van der Waals surface area contributed by atoms with Gasteiger partial charge in [-0.25, -0.2) is 8.78 Å². The van der Waals surface area contributed by atoms with Crippen LogP contribution < -0.4 is 0 Å². The molecule has 4 nitrogen and oxygen atoms in total. The van der Waals surface area contributed by atoms with E-state index in [9.17, 15) is 13.6 Å². The van der Waals surface area contributed by atoms with Crippen molar-refractivity contribution in [2.75, 3.05) is 6.54 Å². The third-order valence-corrected chi connectivity index (χ3v) is 4.69. The second-order valence-corrected chi connectivity index (χ2v) is 6.36. The molecule has 0 aliphatic carbocycles. The van der Waals surface area contributed by atoms with Crippen LogP contribution in [0, 0.1) is 24.0 Å². The monoisotopic (exact) mass is 363 g/mol. The Morgan fingerprint density at radius 3 is 2.81 bits per heavy atom. The highest BCUT2D eigenvalue weighted by atomic mass is 19.2. The van der Waals surface area contributed by atoms with Crippen molar-refractivity contribution in [2.24, 2.45) is 0 Å². The third kappa shape index (κ3) is 3.08. The fourth-order valence-corrected chi connectivity index (χ4v) is 3.28. The first-order chi connectivity index (χ1) is 13.1. The van der Waals surface area contributed by atoms with Gasteiger partial charge in [0.05, 0.1) is 5.69 Å². The zero-order chi connectivity index (χ0) is 19.0. The largest absolute Gasteiger partial charge is 0.334 e. The average Bonchev–Trinajstić information content (AvgIpc) is 3.12. The average molecular weight is 363 g/mol. The summed E-state index contributed by atoms with van der Waals surface area (Å²) in [5.74, 6) is 0.555. The van der Waals surface area contributed by atoms with Crippen molar-refractivity contribution in [3.05, 3.63) is 76.5 Å². The summed E-state index contributed by atoms with van der Waals surface area (Å²) in [5.41, 5.74) is 3.87. The molecule has 2 heterocycles. The normalized spacial score (nSPS) is 13.1. The van der Waals surface area contributed by atoms with Gasteiger partial charge in [-0.1, -0.05) is 12.0 Å². The molecule has 0 bridgehead atoms. The first-order valence-corrected chi connectivity index (χ1v) is 8.44. The molecule has 1 aromatic heterocycles. The number of nitrogens with zero attached hydrogens (tertiary/aromatic N) is 2. The van der Waals surface area contributed by atoms with Gasteiger partial charge in [0.2, 0.25) is 0 Å².